The van der Waals surface area contributed by atoms with Crippen molar-refractivity contribution in [1.82, 2.24) is 9.80 Å². The van der Waals surface area contributed by atoms with Gasteiger partial charge in [0.15, 0.2) is 0 Å². The number of likely N-dealkylation sites (N-methyl/N-ethyl adjacent to an activating group) is 1. The fourth-order valence-corrected chi connectivity index (χ4v) is 4.19. The Balaban J connectivity index is 1.82. The first kappa shape index (κ1) is 15.6. The van der Waals surface area contributed by atoms with Crippen molar-refractivity contribution >= 4 is 34.2 Å². The van der Waals surface area contributed by atoms with Crippen molar-refractivity contribution < 1.29 is 4.39 Å². The zero-order valence-corrected chi connectivity index (χ0v) is 14.8. The van der Waals surface area contributed by atoms with Crippen LogP contribution in [0.2, 0.25) is 0 Å². The average molecular weight is 344 g/mol. The normalized spacial score (nSPS) is 17.6. The molecule has 6 heteroatoms. The van der Waals surface area contributed by atoms with E-state index in [0.29, 0.717) is 5.69 Å². The molecule has 1 saturated heterocycles. The predicted molar refractivity (Wildman–Crippen MR) is 98.6 cm³/mol. The van der Waals surface area contributed by atoms with Crippen LogP contribution in [-0.2, 0) is 6.42 Å². The molecule has 0 saturated carbocycles. The number of nitrogens with one attached hydrogen (secondary N) is 1. The maximum Gasteiger partial charge on any atom is 0.148 e. The number of aliphatic imine (C=N–C) groups is 1. The monoisotopic (exact) mass is 344 g/mol. The van der Waals surface area contributed by atoms with Gasteiger partial charge in [0.1, 0.15) is 11.7 Å². The number of thiophene rings is 1. The number of amidine groups is 1. The standard InChI is InChI=1S/C18H21FN4S/c1-3-13-11-16-17(24-13)18(23-8-6-22(2)7-9-23)21-15-10-12(19)4-5-14(15)20-16/h4-5,10-11,20H,3,6-9H2,1-2H3. The SMILES string of the molecule is CCc1cc2c(s1)C(N1CCN(C)CC1)=Nc1cc(F)ccc1N2. The van der Waals surface area contributed by atoms with Crippen LogP contribution in [0.3, 0.4) is 0 Å². The molecule has 0 amide bonds. The molecule has 2 aromatic rings. The van der Waals surface area contributed by atoms with Gasteiger partial charge in [-0.25, -0.2) is 9.38 Å². The van der Waals surface area contributed by atoms with E-state index in [1.54, 1.807) is 17.4 Å². The van der Waals surface area contributed by atoms with Crippen molar-refractivity contribution in [3.63, 3.8) is 0 Å². The Hall–Kier alpha value is -1.92. The number of piperazine rings is 1. The summed E-state index contributed by atoms with van der Waals surface area (Å²) in [5.41, 5.74) is 2.62. The molecule has 126 valence electrons. The van der Waals surface area contributed by atoms with E-state index in [1.165, 1.54) is 17.0 Å². The molecule has 0 radical (unpaired) electrons. The van der Waals surface area contributed by atoms with E-state index in [-0.39, 0.29) is 5.82 Å². The van der Waals surface area contributed by atoms with Crippen molar-refractivity contribution in [3.8, 4) is 0 Å². The molecule has 1 aromatic heterocycles. The topological polar surface area (TPSA) is 30.9 Å². The van der Waals surface area contributed by atoms with E-state index in [2.05, 4.69) is 35.2 Å². The summed E-state index contributed by atoms with van der Waals surface area (Å²) in [6, 6.07) is 6.96. The lowest BCUT2D eigenvalue weighted by molar-refractivity contribution is 0.216. The molecule has 4 rings (SSSR count). The minimum absolute atomic E-state index is 0.253. The fraction of sp³-hybridized carbons (Fsp3) is 0.389. The van der Waals surface area contributed by atoms with Gasteiger partial charge in [-0.3, -0.25) is 0 Å². The molecule has 2 aliphatic rings. The summed E-state index contributed by atoms with van der Waals surface area (Å²) >= 11 is 1.78. The third-order valence-corrected chi connectivity index (χ3v) is 5.87. The van der Waals surface area contributed by atoms with Gasteiger partial charge in [0.25, 0.3) is 0 Å². The smallest absolute Gasteiger partial charge is 0.148 e. The highest BCUT2D eigenvalue weighted by atomic mass is 32.1. The van der Waals surface area contributed by atoms with Gasteiger partial charge in [0, 0.05) is 37.1 Å². The molecule has 3 heterocycles. The second-order valence-electron chi connectivity index (χ2n) is 6.32. The maximum atomic E-state index is 13.7. The van der Waals surface area contributed by atoms with Crippen LogP contribution in [-0.4, -0.2) is 48.9 Å². The third kappa shape index (κ3) is 2.80. The van der Waals surface area contributed by atoms with Crippen molar-refractivity contribution in [2.24, 2.45) is 4.99 Å². The highest BCUT2D eigenvalue weighted by molar-refractivity contribution is 7.14. The van der Waals surface area contributed by atoms with Gasteiger partial charge >= 0.3 is 0 Å². The van der Waals surface area contributed by atoms with Crippen LogP contribution in [0.25, 0.3) is 0 Å². The molecule has 0 bridgehead atoms. The van der Waals surface area contributed by atoms with E-state index >= 15 is 0 Å². The number of fused-ring (bicyclic) bond motifs is 2. The Labute approximate surface area is 145 Å². The van der Waals surface area contributed by atoms with Crippen molar-refractivity contribution in [2.45, 2.75) is 13.3 Å². The Morgan fingerprint density at radius 1 is 1.17 bits per heavy atom. The number of halogens is 1. The Morgan fingerprint density at radius 2 is 1.96 bits per heavy atom. The fourth-order valence-electron chi connectivity index (χ4n) is 3.12. The minimum Gasteiger partial charge on any atom is -0.353 e. The molecule has 0 unspecified atom stereocenters. The first-order chi connectivity index (χ1) is 11.6. The van der Waals surface area contributed by atoms with Crippen LogP contribution >= 0.6 is 11.3 Å². The molecule has 0 atom stereocenters. The van der Waals surface area contributed by atoms with Gasteiger partial charge in [-0.2, -0.15) is 0 Å². The van der Waals surface area contributed by atoms with E-state index < -0.39 is 0 Å². The minimum atomic E-state index is -0.253. The number of hydrogen-bond acceptors (Lipinski definition) is 5. The van der Waals surface area contributed by atoms with Gasteiger partial charge in [-0.05, 0) is 31.7 Å². The summed E-state index contributed by atoms with van der Waals surface area (Å²) in [7, 11) is 2.14. The van der Waals surface area contributed by atoms with Crippen LogP contribution < -0.4 is 5.32 Å². The molecule has 0 spiro atoms. The van der Waals surface area contributed by atoms with E-state index in [9.17, 15) is 4.39 Å². The molecular formula is C18H21FN4S. The second kappa shape index (κ2) is 6.18. The third-order valence-electron chi connectivity index (χ3n) is 4.59. The summed E-state index contributed by atoms with van der Waals surface area (Å²) in [5.74, 6) is 0.719. The number of hydrogen-bond donors (Lipinski definition) is 1. The van der Waals surface area contributed by atoms with Crippen molar-refractivity contribution in [2.75, 3.05) is 38.5 Å². The number of anilines is 2. The second-order valence-corrected chi connectivity index (χ2v) is 7.46. The summed E-state index contributed by atoms with van der Waals surface area (Å²) < 4.78 is 13.7. The quantitative estimate of drug-likeness (QED) is 0.853. The van der Waals surface area contributed by atoms with Crippen LogP contribution in [0.15, 0.2) is 29.3 Å². The summed E-state index contributed by atoms with van der Waals surface area (Å²) in [6.45, 7) is 6.09. The average Bonchev–Trinajstić information content (AvgIpc) is 2.92. The lowest BCUT2D eigenvalue weighted by atomic mass is 10.2. The summed E-state index contributed by atoms with van der Waals surface area (Å²) in [5, 5.41) is 3.45. The van der Waals surface area contributed by atoms with E-state index in [4.69, 9.17) is 4.99 Å². The predicted octanol–water partition coefficient (Wildman–Crippen LogP) is 3.83. The molecule has 4 nitrogen and oxygen atoms in total. The van der Waals surface area contributed by atoms with Gasteiger partial charge in [-0.15, -0.1) is 11.3 Å². The number of aryl methyl sites for hydroxylation is 1. The summed E-state index contributed by atoms with van der Waals surface area (Å²) in [4.78, 5) is 12.0. The number of rotatable bonds is 1. The Kier molecular flexibility index (Phi) is 4.02. The molecule has 1 aromatic carbocycles. The lowest BCUT2D eigenvalue weighted by Crippen LogP contribution is -2.47. The number of nitrogens with zero attached hydrogens (tertiary/aromatic N) is 3. The maximum absolute atomic E-state index is 13.7. The lowest BCUT2D eigenvalue weighted by Gasteiger charge is -2.34. The Bertz CT molecular complexity index is 790. The van der Waals surface area contributed by atoms with Crippen LogP contribution in [0.4, 0.5) is 21.5 Å². The molecular weight excluding hydrogens is 323 g/mol. The zero-order valence-electron chi connectivity index (χ0n) is 14.0. The van der Waals surface area contributed by atoms with Gasteiger partial charge in [0.2, 0.25) is 0 Å². The molecule has 2 aliphatic heterocycles. The van der Waals surface area contributed by atoms with Crippen LogP contribution in [0, 0.1) is 5.82 Å². The van der Waals surface area contributed by atoms with Gasteiger partial charge in [-0.1, -0.05) is 6.92 Å². The van der Waals surface area contributed by atoms with E-state index in [0.717, 1.165) is 54.7 Å². The molecule has 0 aliphatic carbocycles. The molecule has 1 N–H and O–H groups in total. The van der Waals surface area contributed by atoms with Crippen LogP contribution in [0.5, 0.6) is 0 Å². The summed E-state index contributed by atoms with van der Waals surface area (Å²) in [6.07, 6.45) is 1.01. The first-order valence-electron chi connectivity index (χ1n) is 8.36. The largest absolute Gasteiger partial charge is 0.353 e. The van der Waals surface area contributed by atoms with Crippen molar-refractivity contribution in [3.05, 3.63) is 39.8 Å². The van der Waals surface area contributed by atoms with Gasteiger partial charge < -0.3 is 15.1 Å². The highest BCUT2D eigenvalue weighted by Gasteiger charge is 2.26. The van der Waals surface area contributed by atoms with Crippen LogP contribution in [0.1, 0.15) is 16.7 Å². The zero-order chi connectivity index (χ0) is 16.7. The Morgan fingerprint density at radius 3 is 2.71 bits per heavy atom. The highest BCUT2D eigenvalue weighted by Crippen LogP contribution is 2.39. The number of benzene rings is 1. The van der Waals surface area contributed by atoms with Gasteiger partial charge in [0.05, 0.1) is 21.9 Å². The first-order valence-corrected chi connectivity index (χ1v) is 9.17. The molecule has 1 fully saturated rings. The van der Waals surface area contributed by atoms with E-state index in [1.807, 2.05) is 0 Å². The molecule has 24 heavy (non-hydrogen) atoms. The van der Waals surface area contributed by atoms with Crippen molar-refractivity contribution in [1.29, 1.82) is 0 Å².